The molecule has 0 radical (unpaired) electrons. The second kappa shape index (κ2) is 11.7. The van der Waals surface area contributed by atoms with Crippen LogP contribution in [0.3, 0.4) is 0 Å². The highest BCUT2D eigenvalue weighted by molar-refractivity contribution is 7.87. The van der Waals surface area contributed by atoms with Crippen LogP contribution in [0, 0.1) is 10.8 Å². The number of nitrogens with zero attached hydrogens (tertiary/aromatic N) is 1. The maximum atomic E-state index is 14.1. The summed E-state index contributed by atoms with van der Waals surface area (Å²) >= 11 is 12.5. The molecule has 230 valence electrons. The van der Waals surface area contributed by atoms with Gasteiger partial charge in [0.15, 0.2) is 11.6 Å². The predicted octanol–water partition coefficient (Wildman–Crippen LogP) is 7.48. The van der Waals surface area contributed by atoms with Gasteiger partial charge in [-0.05, 0) is 72.6 Å². The zero-order valence-electron chi connectivity index (χ0n) is 25.1. The summed E-state index contributed by atoms with van der Waals surface area (Å²) in [5.74, 6) is -0.927. The highest BCUT2D eigenvalue weighted by Gasteiger charge is 2.49. The second-order valence-corrected chi connectivity index (χ2v) is 15.6. The van der Waals surface area contributed by atoms with Crippen molar-refractivity contribution in [3.63, 3.8) is 0 Å². The molecule has 5 rings (SSSR count). The molecule has 0 saturated carbocycles. The van der Waals surface area contributed by atoms with E-state index >= 15 is 0 Å². The number of carbonyl (C=O) groups is 2. The van der Waals surface area contributed by atoms with Crippen LogP contribution in [0.4, 0.5) is 0 Å². The van der Waals surface area contributed by atoms with E-state index in [0.717, 1.165) is 11.4 Å². The van der Waals surface area contributed by atoms with Crippen LogP contribution in [0.2, 0.25) is 10.0 Å². The Kier molecular flexibility index (Phi) is 8.64. The van der Waals surface area contributed by atoms with Crippen LogP contribution in [0.1, 0.15) is 71.3 Å². The van der Waals surface area contributed by atoms with Crippen molar-refractivity contribution < 1.29 is 26.9 Å². The van der Waals surface area contributed by atoms with Crippen molar-refractivity contribution in [2.75, 3.05) is 20.3 Å². The van der Waals surface area contributed by atoms with Crippen molar-refractivity contribution in [3.05, 3.63) is 80.6 Å². The van der Waals surface area contributed by atoms with E-state index < -0.39 is 16.0 Å². The van der Waals surface area contributed by atoms with Gasteiger partial charge in [0, 0.05) is 77.2 Å². The van der Waals surface area contributed by atoms with Gasteiger partial charge in [0.2, 0.25) is 0 Å². The number of methoxy groups -OCH3 is 1. The number of carbonyl (C=O) groups excluding carboxylic acids is 2. The summed E-state index contributed by atoms with van der Waals surface area (Å²) in [6, 6.07) is 10.3. The van der Waals surface area contributed by atoms with Crippen LogP contribution in [-0.2, 0) is 24.4 Å². The zero-order valence-corrected chi connectivity index (χ0v) is 27.5. The van der Waals surface area contributed by atoms with Crippen LogP contribution < -0.4 is 4.18 Å². The maximum absolute atomic E-state index is 14.1. The molecule has 0 N–H and O–H groups in total. The minimum absolute atomic E-state index is 0.0196. The van der Waals surface area contributed by atoms with Gasteiger partial charge in [-0.3, -0.25) is 9.59 Å². The molecule has 0 amide bonds. The number of rotatable bonds is 8. The van der Waals surface area contributed by atoms with Crippen molar-refractivity contribution in [1.82, 2.24) is 4.90 Å². The van der Waals surface area contributed by atoms with Crippen molar-refractivity contribution in [3.8, 4) is 5.75 Å². The van der Waals surface area contributed by atoms with E-state index in [1.54, 1.807) is 19.2 Å². The van der Waals surface area contributed by atoms with Crippen LogP contribution in [-0.4, -0.2) is 45.1 Å². The second-order valence-electron chi connectivity index (χ2n) is 13.2. The smallest absolute Gasteiger partial charge is 0.339 e. The normalized spacial score (nSPS) is 20.3. The third-order valence-corrected chi connectivity index (χ3v) is 10.1. The molecular weight excluding hydrogens is 609 g/mol. The summed E-state index contributed by atoms with van der Waals surface area (Å²) in [4.78, 5) is 30.3. The molecule has 0 saturated heterocycles. The minimum atomic E-state index is -4.28. The Bertz CT molecular complexity index is 1590. The quantitative estimate of drug-likeness (QED) is 0.217. The van der Waals surface area contributed by atoms with Crippen molar-refractivity contribution in [2.45, 2.75) is 70.6 Å². The summed E-state index contributed by atoms with van der Waals surface area (Å²) in [5, 5.41) is 0.727. The molecule has 0 spiro atoms. The number of ether oxygens (including phenoxy) is 1. The summed E-state index contributed by atoms with van der Waals surface area (Å²) in [7, 11) is -2.63. The first-order chi connectivity index (χ1) is 20.1. The van der Waals surface area contributed by atoms with Crippen LogP contribution in [0.5, 0.6) is 5.75 Å². The molecular formula is C33H37Cl2NO6S. The third kappa shape index (κ3) is 6.44. The average molecular weight is 647 g/mol. The van der Waals surface area contributed by atoms with Crippen LogP contribution in [0.15, 0.2) is 69.9 Å². The standard InChI is InChI=1S/C33H37Cl2NO6S/c1-32(2)16-24-30(26(37)18-32)29(31-25(36(24)13-6-14-41-5)17-33(3,4)19-27(31)38)23-15-21(35)9-12-28(23)42-43(39,40)22-10-7-20(34)8-11-22/h7-12,15,29H,6,13-14,16-19H2,1-5H3. The minimum Gasteiger partial charge on any atom is -0.385 e. The Morgan fingerprint density at radius 2 is 1.37 bits per heavy atom. The summed E-state index contributed by atoms with van der Waals surface area (Å²) in [5.41, 5.74) is 2.56. The molecule has 0 atom stereocenters. The van der Waals surface area contributed by atoms with Crippen molar-refractivity contribution in [2.24, 2.45) is 10.8 Å². The lowest BCUT2D eigenvalue weighted by Crippen LogP contribution is -2.45. The fourth-order valence-electron chi connectivity index (χ4n) is 6.58. The monoisotopic (exact) mass is 645 g/mol. The molecule has 1 heterocycles. The number of hydrogen-bond acceptors (Lipinski definition) is 7. The third-order valence-electron chi connectivity index (χ3n) is 8.34. The highest BCUT2D eigenvalue weighted by atomic mass is 35.5. The molecule has 10 heteroatoms. The Morgan fingerprint density at radius 3 is 1.91 bits per heavy atom. The molecule has 43 heavy (non-hydrogen) atoms. The lowest BCUT2D eigenvalue weighted by Gasteiger charge is -2.49. The van der Waals surface area contributed by atoms with E-state index in [1.807, 2.05) is 0 Å². The van der Waals surface area contributed by atoms with Gasteiger partial charge < -0.3 is 13.8 Å². The fraction of sp³-hybridized carbons (Fsp3) is 0.455. The van der Waals surface area contributed by atoms with Gasteiger partial charge in [0.05, 0.1) is 0 Å². The van der Waals surface area contributed by atoms with Gasteiger partial charge in [-0.15, -0.1) is 0 Å². The number of benzene rings is 2. The van der Waals surface area contributed by atoms with E-state index in [2.05, 4.69) is 32.6 Å². The van der Waals surface area contributed by atoms with Crippen molar-refractivity contribution in [1.29, 1.82) is 0 Å². The molecule has 7 nitrogen and oxygen atoms in total. The van der Waals surface area contributed by atoms with E-state index in [9.17, 15) is 18.0 Å². The summed E-state index contributed by atoms with van der Waals surface area (Å²) in [6.07, 6.45) is 2.57. The van der Waals surface area contributed by atoms with Gasteiger partial charge >= 0.3 is 10.1 Å². The fourth-order valence-corrected chi connectivity index (χ4v) is 7.84. The van der Waals surface area contributed by atoms with Gasteiger partial charge in [-0.25, -0.2) is 0 Å². The van der Waals surface area contributed by atoms with E-state index in [1.165, 1.54) is 30.3 Å². The first kappa shape index (κ1) is 31.8. The van der Waals surface area contributed by atoms with Gasteiger partial charge in [-0.2, -0.15) is 8.42 Å². The number of hydrogen-bond donors (Lipinski definition) is 0. The van der Waals surface area contributed by atoms with Gasteiger partial charge in [0.1, 0.15) is 10.6 Å². The molecule has 0 bridgehead atoms. The Morgan fingerprint density at radius 1 is 0.837 bits per heavy atom. The Balaban J connectivity index is 1.73. The highest BCUT2D eigenvalue weighted by Crippen LogP contribution is 2.55. The summed E-state index contributed by atoms with van der Waals surface area (Å²) < 4.78 is 37.9. The van der Waals surface area contributed by atoms with Crippen LogP contribution >= 0.6 is 23.2 Å². The van der Waals surface area contributed by atoms with E-state index in [-0.39, 0.29) is 33.0 Å². The first-order valence-corrected chi connectivity index (χ1v) is 16.6. The number of halogens is 2. The first-order valence-electron chi connectivity index (χ1n) is 14.4. The predicted molar refractivity (Wildman–Crippen MR) is 167 cm³/mol. The Hall–Kier alpha value is -2.65. The molecule has 3 aliphatic rings. The van der Waals surface area contributed by atoms with Crippen molar-refractivity contribution >= 4 is 44.9 Å². The molecule has 2 aromatic carbocycles. The molecule has 0 unspecified atom stereocenters. The Labute approximate surface area is 264 Å². The number of allylic oxidation sites excluding steroid dienone is 4. The SMILES string of the molecule is COCCCN1C2=C(C(=O)CC(C)(C)C2)C(c2cc(Cl)ccc2OS(=O)(=O)c2ccc(Cl)cc2)C2=C1CC(C)(C)CC2=O. The topological polar surface area (TPSA) is 90.0 Å². The van der Waals surface area contributed by atoms with Gasteiger partial charge in [0.25, 0.3) is 0 Å². The van der Waals surface area contributed by atoms with Crippen LogP contribution in [0.25, 0.3) is 0 Å². The number of Topliss-reactive ketones (excluding diaryl/α,β-unsaturated/α-hetero) is 2. The largest absolute Gasteiger partial charge is 0.385 e. The molecule has 2 aromatic rings. The molecule has 1 aliphatic heterocycles. The maximum Gasteiger partial charge on any atom is 0.339 e. The molecule has 0 aromatic heterocycles. The number of ketones is 2. The zero-order chi connectivity index (χ0) is 31.3. The summed E-state index contributed by atoms with van der Waals surface area (Å²) in [6.45, 7) is 9.42. The molecule has 0 fully saturated rings. The van der Waals surface area contributed by atoms with E-state index in [4.69, 9.17) is 32.1 Å². The average Bonchev–Trinajstić information content (AvgIpc) is 2.89. The van der Waals surface area contributed by atoms with E-state index in [0.29, 0.717) is 72.0 Å². The van der Waals surface area contributed by atoms with Gasteiger partial charge in [-0.1, -0.05) is 50.9 Å². The lowest BCUT2D eigenvalue weighted by molar-refractivity contribution is -0.119. The molecule has 2 aliphatic carbocycles. The lowest BCUT2D eigenvalue weighted by atomic mass is 9.63.